The lowest BCUT2D eigenvalue weighted by atomic mass is 10.1. The number of halogens is 1. The third kappa shape index (κ3) is 2.58. The van der Waals surface area contributed by atoms with E-state index >= 15 is 0 Å². The van der Waals surface area contributed by atoms with Crippen LogP contribution in [0.1, 0.15) is 10.4 Å². The molecule has 0 bridgehead atoms. The molecule has 5 nitrogen and oxygen atoms in total. The molecule has 98 valence electrons. The average molecular weight is 271 g/mol. The van der Waals surface area contributed by atoms with Gasteiger partial charge in [0.25, 0.3) is 5.91 Å². The van der Waals surface area contributed by atoms with E-state index in [-0.39, 0.29) is 18.6 Å². The van der Waals surface area contributed by atoms with E-state index in [1.807, 2.05) is 0 Å². The van der Waals surface area contributed by atoms with Gasteiger partial charge in [0.15, 0.2) is 0 Å². The SMILES string of the molecule is Nc1ccc(C(=O)N2CCOCC2CO)c(Cl)c1. The van der Waals surface area contributed by atoms with Crippen molar-refractivity contribution in [2.75, 3.05) is 32.1 Å². The molecule has 3 N–H and O–H groups in total. The van der Waals surface area contributed by atoms with Crippen molar-refractivity contribution in [3.05, 3.63) is 28.8 Å². The van der Waals surface area contributed by atoms with Crippen molar-refractivity contribution in [3.8, 4) is 0 Å². The lowest BCUT2D eigenvalue weighted by Crippen LogP contribution is -2.50. The van der Waals surface area contributed by atoms with Gasteiger partial charge < -0.3 is 20.5 Å². The monoisotopic (exact) mass is 270 g/mol. The van der Waals surface area contributed by atoms with Gasteiger partial charge in [-0.15, -0.1) is 0 Å². The largest absolute Gasteiger partial charge is 0.399 e. The van der Waals surface area contributed by atoms with Crippen LogP contribution in [0.4, 0.5) is 5.69 Å². The third-order valence-corrected chi connectivity index (χ3v) is 3.24. The maximum Gasteiger partial charge on any atom is 0.255 e. The molecule has 1 unspecified atom stereocenters. The number of rotatable bonds is 2. The van der Waals surface area contributed by atoms with Crippen molar-refractivity contribution < 1.29 is 14.6 Å². The number of hydrogen-bond donors (Lipinski definition) is 2. The Kier molecular flexibility index (Phi) is 4.06. The third-order valence-electron chi connectivity index (χ3n) is 2.92. The van der Waals surface area contributed by atoms with Gasteiger partial charge in [0.05, 0.1) is 36.4 Å². The zero-order valence-electron chi connectivity index (χ0n) is 9.80. The van der Waals surface area contributed by atoms with E-state index in [2.05, 4.69) is 0 Å². The van der Waals surface area contributed by atoms with Crippen LogP contribution in [0, 0.1) is 0 Å². The number of benzene rings is 1. The van der Waals surface area contributed by atoms with Gasteiger partial charge in [-0.25, -0.2) is 0 Å². The van der Waals surface area contributed by atoms with Crippen LogP contribution in [0.25, 0.3) is 0 Å². The van der Waals surface area contributed by atoms with Gasteiger partial charge in [-0.3, -0.25) is 4.79 Å². The second-order valence-corrected chi connectivity index (χ2v) is 4.56. The molecule has 1 aromatic carbocycles. The molecule has 1 fully saturated rings. The van der Waals surface area contributed by atoms with Crippen LogP contribution in [0.2, 0.25) is 5.02 Å². The summed E-state index contributed by atoms with van der Waals surface area (Å²) in [5, 5.41) is 9.57. The van der Waals surface area contributed by atoms with Gasteiger partial charge in [-0.05, 0) is 18.2 Å². The molecule has 1 atom stereocenters. The molecule has 1 amide bonds. The van der Waals surface area contributed by atoms with Crippen LogP contribution >= 0.6 is 11.6 Å². The topological polar surface area (TPSA) is 75.8 Å². The number of nitrogen functional groups attached to an aromatic ring is 1. The number of amides is 1. The number of morpholine rings is 1. The van der Waals surface area contributed by atoms with E-state index in [0.717, 1.165) is 0 Å². The molecule has 0 spiro atoms. The van der Waals surface area contributed by atoms with Crippen LogP contribution in [-0.2, 0) is 4.74 Å². The fourth-order valence-corrected chi connectivity index (χ4v) is 2.20. The fourth-order valence-electron chi connectivity index (χ4n) is 1.93. The molecule has 1 aliphatic rings. The Bertz CT molecular complexity index is 453. The minimum atomic E-state index is -0.320. The Morgan fingerprint density at radius 1 is 1.61 bits per heavy atom. The van der Waals surface area contributed by atoms with Gasteiger partial charge >= 0.3 is 0 Å². The Morgan fingerprint density at radius 2 is 2.39 bits per heavy atom. The number of carbonyl (C=O) groups excluding carboxylic acids is 1. The molecule has 6 heteroatoms. The van der Waals surface area contributed by atoms with E-state index in [1.54, 1.807) is 23.1 Å². The zero-order chi connectivity index (χ0) is 13.1. The first-order chi connectivity index (χ1) is 8.63. The summed E-state index contributed by atoms with van der Waals surface area (Å²) >= 11 is 6.01. The van der Waals surface area contributed by atoms with E-state index in [9.17, 15) is 9.90 Å². The zero-order valence-corrected chi connectivity index (χ0v) is 10.6. The summed E-state index contributed by atoms with van der Waals surface area (Å²) in [7, 11) is 0. The van der Waals surface area contributed by atoms with E-state index in [1.165, 1.54) is 0 Å². The van der Waals surface area contributed by atoms with Crippen LogP contribution < -0.4 is 5.73 Å². The lowest BCUT2D eigenvalue weighted by molar-refractivity contribution is -0.0183. The van der Waals surface area contributed by atoms with Crippen molar-refractivity contribution in [2.24, 2.45) is 0 Å². The molecular weight excluding hydrogens is 256 g/mol. The van der Waals surface area contributed by atoms with Crippen LogP contribution in [0.3, 0.4) is 0 Å². The lowest BCUT2D eigenvalue weighted by Gasteiger charge is -2.34. The van der Waals surface area contributed by atoms with E-state index in [4.69, 9.17) is 22.1 Å². The van der Waals surface area contributed by atoms with Crippen molar-refractivity contribution in [1.82, 2.24) is 4.90 Å². The van der Waals surface area contributed by atoms with Crippen molar-refractivity contribution in [3.63, 3.8) is 0 Å². The van der Waals surface area contributed by atoms with Crippen LogP contribution in [0.5, 0.6) is 0 Å². The Balaban J connectivity index is 2.24. The number of aliphatic hydroxyl groups excluding tert-OH is 1. The van der Waals surface area contributed by atoms with E-state index < -0.39 is 0 Å². The van der Waals surface area contributed by atoms with E-state index in [0.29, 0.717) is 36.0 Å². The molecule has 1 aromatic rings. The molecule has 1 saturated heterocycles. The van der Waals surface area contributed by atoms with Crippen molar-refractivity contribution in [2.45, 2.75) is 6.04 Å². The van der Waals surface area contributed by atoms with Gasteiger partial charge in [-0.2, -0.15) is 0 Å². The Morgan fingerprint density at radius 3 is 3.06 bits per heavy atom. The number of anilines is 1. The number of hydrogen-bond acceptors (Lipinski definition) is 4. The van der Waals surface area contributed by atoms with Crippen LogP contribution in [-0.4, -0.2) is 48.3 Å². The second-order valence-electron chi connectivity index (χ2n) is 4.15. The summed E-state index contributed by atoms with van der Waals surface area (Å²) in [4.78, 5) is 13.9. The highest BCUT2D eigenvalue weighted by atomic mass is 35.5. The van der Waals surface area contributed by atoms with Gasteiger partial charge in [0.1, 0.15) is 0 Å². The quantitative estimate of drug-likeness (QED) is 0.778. The Hall–Kier alpha value is -1.30. The smallest absolute Gasteiger partial charge is 0.255 e. The molecule has 0 radical (unpaired) electrons. The maximum absolute atomic E-state index is 12.3. The van der Waals surface area contributed by atoms with Gasteiger partial charge in [-0.1, -0.05) is 11.6 Å². The van der Waals surface area contributed by atoms with Crippen LogP contribution in [0.15, 0.2) is 18.2 Å². The molecular formula is C12H15ClN2O3. The highest BCUT2D eigenvalue weighted by Crippen LogP contribution is 2.22. The second kappa shape index (κ2) is 5.56. The summed E-state index contributed by atoms with van der Waals surface area (Å²) in [6, 6.07) is 4.46. The van der Waals surface area contributed by atoms with Crippen molar-refractivity contribution >= 4 is 23.2 Å². The number of nitrogens with zero attached hydrogens (tertiary/aromatic N) is 1. The Labute approximate surface area is 110 Å². The predicted octanol–water partition coefficient (Wildman–Crippen LogP) is 0.756. The molecule has 0 aliphatic carbocycles. The number of aliphatic hydroxyl groups is 1. The average Bonchev–Trinajstić information content (AvgIpc) is 2.38. The first-order valence-electron chi connectivity index (χ1n) is 5.68. The summed E-state index contributed by atoms with van der Waals surface area (Å²) in [6.45, 7) is 1.13. The summed E-state index contributed by atoms with van der Waals surface area (Å²) in [6.07, 6.45) is 0. The molecule has 18 heavy (non-hydrogen) atoms. The van der Waals surface area contributed by atoms with Gasteiger partial charge in [0.2, 0.25) is 0 Å². The molecule has 0 aromatic heterocycles. The van der Waals surface area contributed by atoms with Gasteiger partial charge in [0, 0.05) is 12.2 Å². The number of ether oxygens (including phenoxy) is 1. The first kappa shape index (κ1) is 13.1. The van der Waals surface area contributed by atoms with Crippen molar-refractivity contribution in [1.29, 1.82) is 0 Å². The normalized spacial score (nSPS) is 19.9. The minimum Gasteiger partial charge on any atom is -0.399 e. The molecule has 2 rings (SSSR count). The highest BCUT2D eigenvalue weighted by Gasteiger charge is 2.28. The maximum atomic E-state index is 12.3. The summed E-state index contributed by atoms with van der Waals surface area (Å²) in [5.41, 5.74) is 6.50. The number of carbonyl (C=O) groups is 1. The molecule has 1 aliphatic heterocycles. The molecule has 0 saturated carbocycles. The fraction of sp³-hybridized carbons (Fsp3) is 0.417. The highest BCUT2D eigenvalue weighted by molar-refractivity contribution is 6.34. The summed E-state index contributed by atoms with van der Waals surface area (Å²) in [5.74, 6) is -0.206. The summed E-state index contributed by atoms with van der Waals surface area (Å²) < 4.78 is 5.23. The number of nitrogens with two attached hydrogens (primary N) is 1. The molecule has 1 heterocycles. The standard InChI is InChI=1S/C12H15ClN2O3/c13-11-5-8(14)1-2-10(11)12(17)15-3-4-18-7-9(15)6-16/h1-2,5,9,16H,3-4,6-7,14H2. The first-order valence-corrected chi connectivity index (χ1v) is 6.06. The predicted molar refractivity (Wildman–Crippen MR) is 68.6 cm³/mol. The minimum absolute atomic E-state index is 0.127.